The van der Waals surface area contributed by atoms with Crippen molar-refractivity contribution in [3.8, 4) is 0 Å². The van der Waals surface area contributed by atoms with Crippen LogP contribution in [-0.4, -0.2) is 30.9 Å². The maximum Gasteiger partial charge on any atom is 0.243 e. The van der Waals surface area contributed by atoms with E-state index in [1.807, 2.05) is 6.92 Å². The van der Waals surface area contributed by atoms with Gasteiger partial charge >= 0.3 is 0 Å². The topological polar surface area (TPSA) is 61.4 Å². The van der Waals surface area contributed by atoms with Crippen LogP contribution in [0.25, 0.3) is 0 Å². The lowest BCUT2D eigenvalue weighted by Crippen LogP contribution is -2.35. The van der Waals surface area contributed by atoms with Gasteiger partial charge < -0.3 is 10.6 Å². The summed E-state index contributed by atoms with van der Waals surface area (Å²) in [5.41, 5.74) is 1.82. The molecule has 0 spiro atoms. The van der Waals surface area contributed by atoms with Gasteiger partial charge in [-0.2, -0.15) is 4.31 Å². The van der Waals surface area contributed by atoms with Gasteiger partial charge in [0.05, 0.1) is 10.6 Å². The van der Waals surface area contributed by atoms with Crippen LogP contribution >= 0.6 is 12.2 Å². The number of hydrogen-bond acceptors (Lipinski definition) is 3. The number of rotatable bonds is 4. The molecule has 0 aliphatic carbocycles. The lowest BCUT2D eigenvalue weighted by molar-refractivity contribution is 0.346. The third-order valence-corrected chi connectivity index (χ3v) is 6.55. The predicted molar refractivity (Wildman–Crippen MR) is 110 cm³/mol. The van der Waals surface area contributed by atoms with Gasteiger partial charge in [-0.1, -0.05) is 12.5 Å². The largest absolute Gasteiger partial charge is 0.332 e. The summed E-state index contributed by atoms with van der Waals surface area (Å²) in [6.45, 7) is 3.00. The Kier molecular flexibility index (Phi) is 6.08. The minimum Gasteiger partial charge on any atom is -0.332 e. The maximum absolute atomic E-state index is 13.8. The number of piperidine rings is 1. The summed E-state index contributed by atoms with van der Waals surface area (Å²) < 4.78 is 40.7. The predicted octanol–water partition coefficient (Wildman–Crippen LogP) is 4.12. The Morgan fingerprint density at radius 1 is 1.04 bits per heavy atom. The summed E-state index contributed by atoms with van der Waals surface area (Å²) in [6, 6.07) is 11.1. The number of halogens is 1. The number of sulfonamides is 1. The van der Waals surface area contributed by atoms with E-state index in [0.29, 0.717) is 18.8 Å². The zero-order valence-corrected chi connectivity index (χ0v) is 16.7. The second-order valence-corrected chi connectivity index (χ2v) is 8.90. The first-order chi connectivity index (χ1) is 12.9. The molecule has 0 saturated carbocycles. The Labute approximate surface area is 164 Å². The van der Waals surface area contributed by atoms with E-state index in [1.165, 1.54) is 10.4 Å². The van der Waals surface area contributed by atoms with Crippen molar-refractivity contribution >= 4 is 38.7 Å². The van der Waals surface area contributed by atoms with Crippen LogP contribution in [0, 0.1) is 12.7 Å². The van der Waals surface area contributed by atoms with E-state index in [9.17, 15) is 12.8 Å². The highest BCUT2D eigenvalue weighted by Gasteiger charge is 2.25. The van der Waals surface area contributed by atoms with Crippen LogP contribution in [0.3, 0.4) is 0 Å². The van der Waals surface area contributed by atoms with Crippen molar-refractivity contribution in [3.63, 3.8) is 0 Å². The lowest BCUT2D eigenvalue weighted by Gasteiger charge is -2.25. The Morgan fingerprint density at radius 2 is 1.70 bits per heavy atom. The minimum absolute atomic E-state index is 0.228. The van der Waals surface area contributed by atoms with Gasteiger partial charge in [0.1, 0.15) is 5.82 Å². The van der Waals surface area contributed by atoms with Crippen LogP contribution in [0.4, 0.5) is 15.8 Å². The first-order valence-corrected chi connectivity index (χ1v) is 10.7. The summed E-state index contributed by atoms with van der Waals surface area (Å²) in [5, 5.41) is 5.98. The summed E-state index contributed by atoms with van der Waals surface area (Å²) >= 11 is 5.21. The fourth-order valence-corrected chi connectivity index (χ4v) is 4.73. The zero-order valence-electron chi connectivity index (χ0n) is 15.0. The first kappa shape index (κ1) is 19.7. The molecule has 0 amide bonds. The molecule has 5 nitrogen and oxygen atoms in total. The minimum atomic E-state index is -3.46. The van der Waals surface area contributed by atoms with Crippen LogP contribution in [0.2, 0.25) is 0 Å². The van der Waals surface area contributed by atoms with Crippen molar-refractivity contribution in [1.29, 1.82) is 0 Å². The van der Waals surface area contributed by atoms with Crippen LogP contribution in [0.15, 0.2) is 47.4 Å². The zero-order chi connectivity index (χ0) is 19.4. The number of thiocarbonyl (C=S) groups is 1. The Morgan fingerprint density at radius 3 is 2.37 bits per heavy atom. The highest BCUT2D eigenvalue weighted by molar-refractivity contribution is 7.89. The van der Waals surface area contributed by atoms with Gasteiger partial charge in [0.2, 0.25) is 10.0 Å². The summed E-state index contributed by atoms with van der Waals surface area (Å²) in [6.07, 6.45) is 2.86. The van der Waals surface area contributed by atoms with Crippen molar-refractivity contribution in [3.05, 3.63) is 53.8 Å². The molecule has 1 saturated heterocycles. The average Bonchev–Trinajstić information content (AvgIpc) is 2.66. The lowest BCUT2D eigenvalue weighted by atomic mass is 10.2. The number of aryl methyl sites for hydroxylation is 1. The van der Waals surface area contributed by atoms with E-state index in [2.05, 4.69) is 10.6 Å². The van der Waals surface area contributed by atoms with Gasteiger partial charge in [0.15, 0.2) is 5.11 Å². The summed E-state index contributed by atoms with van der Waals surface area (Å²) in [5.74, 6) is -0.396. The van der Waals surface area contributed by atoms with Crippen molar-refractivity contribution in [1.82, 2.24) is 4.31 Å². The third kappa shape index (κ3) is 4.82. The molecule has 2 aromatic rings. The Hall–Kier alpha value is -2.03. The molecule has 0 radical (unpaired) electrons. The third-order valence-electron chi connectivity index (χ3n) is 4.44. The number of anilines is 2. The van der Waals surface area contributed by atoms with Crippen molar-refractivity contribution in [2.75, 3.05) is 23.7 Å². The van der Waals surface area contributed by atoms with E-state index in [-0.39, 0.29) is 15.7 Å². The number of benzene rings is 2. The van der Waals surface area contributed by atoms with Crippen molar-refractivity contribution < 1.29 is 12.8 Å². The second-order valence-electron chi connectivity index (χ2n) is 6.55. The molecule has 0 atom stereocenters. The number of nitrogens with one attached hydrogen (secondary N) is 2. The molecule has 27 heavy (non-hydrogen) atoms. The van der Waals surface area contributed by atoms with Gasteiger partial charge in [-0.25, -0.2) is 12.8 Å². The van der Waals surface area contributed by atoms with Crippen LogP contribution < -0.4 is 10.6 Å². The fourth-order valence-electron chi connectivity index (χ4n) is 2.98. The smallest absolute Gasteiger partial charge is 0.243 e. The van der Waals surface area contributed by atoms with E-state index >= 15 is 0 Å². The molecular weight excluding hydrogens is 385 g/mol. The number of nitrogens with zero attached hydrogens (tertiary/aromatic N) is 1. The van der Waals surface area contributed by atoms with E-state index in [0.717, 1.165) is 24.8 Å². The van der Waals surface area contributed by atoms with Gasteiger partial charge in [-0.05, 0) is 73.9 Å². The fraction of sp³-hybridized carbons (Fsp3) is 0.316. The normalized spacial score (nSPS) is 15.3. The Balaban J connectivity index is 1.66. The highest BCUT2D eigenvalue weighted by atomic mass is 32.2. The van der Waals surface area contributed by atoms with Gasteiger partial charge in [-0.3, -0.25) is 0 Å². The monoisotopic (exact) mass is 407 g/mol. The molecule has 1 aliphatic rings. The first-order valence-electron chi connectivity index (χ1n) is 8.80. The molecule has 1 fully saturated rings. The van der Waals surface area contributed by atoms with Gasteiger partial charge in [0, 0.05) is 18.8 Å². The van der Waals surface area contributed by atoms with Crippen molar-refractivity contribution in [2.24, 2.45) is 0 Å². The molecule has 3 rings (SSSR count). The molecule has 0 bridgehead atoms. The number of hydrogen-bond donors (Lipinski definition) is 2. The standard InChI is InChI=1S/C19H22FN3O2S2/c1-14-5-10-17(20)18(13-14)22-19(26)21-15-6-8-16(9-7-15)27(24,25)23-11-3-2-4-12-23/h5-10,13H,2-4,11-12H2,1H3,(H2,21,22,26). The molecule has 0 unspecified atom stereocenters. The second kappa shape index (κ2) is 8.33. The molecule has 2 N–H and O–H groups in total. The quantitative estimate of drug-likeness (QED) is 0.747. The van der Waals surface area contributed by atoms with Gasteiger partial charge in [0.25, 0.3) is 0 Å². The van der Waals surface area contributed by atoms with Crippen LogP contribution in [0.1, 0.15) is 24.8 Å². The summed E-state index contributed by atoms with van der Waals surface area (Å²) in [7, 11) is -3.46. The van der Waals surface area contributed by atoms with E-state index in [4.69, 9.17) is 12.2 Å². The Bertz CT molecular complexity index is 924. The SMILES string of the molecule is Cc1ccc(F)c(NC(=S)Nc2ccc(S(=O)(=O)N3CCCCC3)cc2)c1. The maximum atomic E-state index is 13.8. The molecule has 1 aliphatic heterocycles. The van der Waals surface area contributed by atoms with E-state index < -0.39 is 15.8 Å². The van der Waals surface area contributed by atoms with Crippen LogP contribution in [0.5, 0.6) is 0 Å². The molecule has 0 aromatic heterocycles. The molecule has 1 heterocycles. The molecule has 2 aromatic carbocycles. The summed E-state index contributed by atoms with van der Waals surface area (Å²) in [4.78, 5) is 0.263. The van der Waals surface area contributed by atoms with E-state index in [1.54, 1.807) is 36.4 Å². The van der Waals surface area contributed by atoms with Crippen LogP contribution in [-0.2, 0) is 10.0 Å². The molecule has 8 heteroatoms. The van der Waals surface area contributed by atoms with Gasteiger partial charge in [-0.15, -0.1) is 0 Å². The molecular formula is C19H22FN3O2S2. The highest BCUT2D eigenvalue weighted by Crippen LogP contribution is 2.22. The average molecular weight is 408 g/mol. The molecule has 144 valence electrons. The van der Waals surface area contributed by atoms with Crippen molar-refractivity contribution in [2.45, 2.75) is 31.1 Å².